The van der Waals surface area contributed by atoms with Gasteiger partial charge in [0.15, 0.2) is 0 Å². The molecule has 2 aromatic heterocycles. The molecule has 0 spiro atoms. The monoisotopic (exact) mass is 520 g/mol. The molecular formula is C36H24S2. The van der Waals surface area contributed by atoms with Gasteiger partial charge in [0, 0.05) is 29.7 Å². The molecular weight excluding hydrogens is 497 g/mol. The maximum Gasteiger partial charge on any atom is 0.0433 e. The zero-order chi connectivity index (χ0) is 25.1. The Morgan fingerprint density at radius 2 is 1.11 bits per heavy atom. The van der Waals surface area contributed by atoms with E-state index >= 15 is 0 Å². The van der Waals surface area contributed by atoms with E-state index in [0.29, 0.717) is 0 Å². The topological polar surface area (TPSA) is 0 Å². The van der Waals surface area contributed by atoms with E-state index in [-0.39, 0.29) is 0 Å². The second-order valence-corrected chi connectivity index (χ2v) is 12.1. The van der Waals surface area contributed by atoms with Crippen LogP contribution in [0.5, 0.6) is 0 Å². The molecule has 0 unspecified atom stereocenters. The fourth-order valence-corrected chi connectivity index (χ4v) is 8.49. The number of rotatable bonds is 3. The second kappa shape index (κ2) is 8.80. The minimum Gasteiger partial charge on any atom is -0.135 e. The van der Waals surface area contributed by atoms with Crippen molar-refractivity contribution in [3.8, 4) is 33.4 Å². The van der Waals surface area contributed by atoms with Gasteiger partial charge in [-0.1, -0.05) is 97.1 Å². The fraction of sp³-hybridized carbons (Fsp3) is 0.0556. The van der Waals surface area contributed by atoms with Crippen molar-refractivity contribution in [1.82, 2.24) is 0 Å². The summed E-state index contributed by atoms with van der Waals surface area (Å²) in [5.74, 6) is 0. The molecule has 8 rings (SSSR count). The Morgan fingerprint density at radius 1 is 0.500 bits per heavy atom. The van der Waals surface area contributed by atoms with E-state index < -0.39 is 0 Å². The van der Waals surface area contributed by atoms with Gasteiger partial charge in [-0.2, -0.15) is 0 Å². The van der Waals surface area contributed by atoms with Gasteiger partial charge in [0.1, 0.15) is 0 Å². The van der Waals surface area contributed by atoms with Gasteiger partial charge in [-0.15, -0.1) is 22.7 Å². The van der Waals surface area contributed by atoms with Crippen LogP contribution in [0.3, 0.4) is 0 Å². The molecule has 0 amide bonds. The molecule has 0 bridgehead atoms. The van der Waals surface area contributed by atoms with Gasteiger partial charge >= 0.3 is 0 Å². The molecule has 0 saturated carbocycles. The molecule has 7 aromatic rings. The summed E-state index contributed by atoms with van der Waals surface area (Å²) in [6, 6.07) is 40.4. The van der Waals surface area contributed by atoms with E-state index in [9.17, 15) is 0 Å². The number of allylic oxidation sites excluding steroid dienone is 1. The van der Waals surface area contributed by atoms with Crippen molar-refractivity contribution in [3.05, 3.63) is 126 Å². The van der Waals surface area contributed by atoms with Crippen LogP contribution in [0, 0.1) is 0 Å². The van der Waals surface area contributed by atoms with E-state index in [4.69, 9.17) is 0 Å². The summed E-state index contributed by atoms with van der Waals surface area (Å²) >= 11 is 3.83. The summed E-state index contributed by atoms with van der Waals surface area (Å²) in [6.45, 7) is 0. The molecule has 0 aliphatic heterocycles. The fourth-order valence-electron chi connectivity index (χ4n) is 5.93. The van der Waals surface area contributed by atoms with Crippen LogP contribution in [0.25, 0.3) is 69.7 Å². The van der Waals surface area contributed by atoms with E-state index in [1.54, 1.807) is 0 Å². The minimum absolute atomic E-state index is 1.14. The van der Waals surface area contributed by atoms with E-state index in [1.165, 1.54) is 74.1 Å². The zero-order valence-electron chi connectivity index (χ0n) is 20.8. The van der Waals surface area contributed by atoms with Crippen LogP contribution < -0.4 is 0 Å². The van der Waals surface area contributed by atoms with E-state index in [2.05, 4.69) is 121 Å². The van der Waals surface area contributed by atoms with Crippen molar-refractivity contribution < 1.29 is 0 Å². The van der Waals surface area contributed by atoms with Gasteiger partial charge in [-0.05, 0) is 81.4 Å². The molecule has 2 heterocycles. The molecule has 38 heavy (non-hydrogen) atoms. The average Bonchev–Trinajstić information content (AvgIpc) is 3.56. The number of aryl methyl sites for hydroxylation is 1. The number of fused-ring (bicyclic) bond motifs is 6. The zero-order valence-corrected chi connectivity index (χ0v) is 22.4. The maximum absolute atomic E-state index is 2.36. The highest BCUT2D eigenvalue weighted by Crippen LogP contribution is 2.43. The molecule has 180 valence electrons. The summed E-state index contributed by atoms with van der Waals surface area (Å²) < 4.78 is 4.12. The van der Waals surface area contributed by atoms with Crippen molar-refractivity contribution >= 4 is 59.0 Å². The van der Waals surface area contributed by atoms with Gasteiger partial charge in [0.05, 0.1) is 0 Å². The van der Waals surface area contributed by atoms with Gasteiger partial charge in [0.25, 0.3) is 0 Å². The third-order valence-electron chi connectivity index (χ3n) is 7.76. The van der Waals surface area contributed by atoms with Crippen LogP contribution in [0.1, 0.15) is 16.9 Å². The first-order valence-electron chi connectivity index (χ1n) is 13.2. The third kappa shape index (κ3) is 3.49. The highest BCUT2D eigenvalue weighted by Gasteiger charge is 2.16. The van der Waals surface area contributed by atoms with Crippen LogP contribution in [0.15, 0.2) is 115 Å². The minimum atomic E-state index is 1.14. The van der Waals surface area contributed by atoms with Crippen LogP contribution in [-0.4, -0.2) is 0 Å². The van der Waals surface area contributed by atoms with Crippen molar-refractivity contribution in [3.63, 3.8) is 0 Å². The molecule has 0 radical (unpaired) electrons. The molecule has 0 saturated heterocycles. The Balaban J connectivity index is 1.24. The number of hydrogen-bond acceptors (Lipinski definition) is 2. The SMILES string of the molecule is C1=Cc2sc3c(-c4cccc(-c5cccc(-c6cccc7c6sc6ccccc67)c5)c4)cccc3c2CC1. The Morgan fingerprint density at radius 3 is 1.87 bits per heavy atom. The summed E-state index contributed by atoms with van der Waals surface area (Å²) in [5.41, 5.74) is 9.23. The van der Waals surface area contributed by atoms with Crippen LogP contribution in [-0.2, 0) is 6.42 Å². The summed E-state index contributed by atoms with van der Waals surface area (Å²) in [5, 5.41) is 4.12. The van der Waals surface area contributed by atoms with Crippen molar-refractivity contribution in [2.75, 3.05) is 0 Å². The molecule has 0 N–H and O–H groups in total. The Kier molecular flexibility index (Phi) is 5.11. The molecule has 0 atom stereocenters. The number of benzene rings is 5. The summed E-state index contributed by atoms with van der Waals surface area (Å²) in [6.07, 6.45) is 6.91. The molecule has 2 heteroatoms. The molecule has 1 aliphatic carbocycles. The molecule has 0 fully saturated rings. The lowest BCUT2D eigenvalue weighted by Gasteiger charge is -2.10. The van der Waals surface area contributed by atoms with E-state index in [0.717, 1.165) is 12.8 Å². The van der Waals surface area contributed by atoms with E-state index in [1.807, 2.05) is 22.7 Å². The van der Waals surface area contributed by atoms with Crippen molar-refractivity contribution in [2.24, 2.45) is 0 Å². The van der Waals surface area contributed by atoms with Gasteiger partial charge < -0.3 is 0 Å². The summed E-state index contributed by atoms with van der Waals surface area (Å²) in [7, 11) is 0. The van der Waals surface area contributed by atoms with Crippen LogP contribution in [0.2, 0.25) is 0 Å². The normalized spacial score (nSPS) is 12.9. The maximum atomic E-state index is 2.36. The Hall–Kier alpha value is -3.98. The number of thiophene rings is 2. The van der Waals surface area contributed by atoms with Gasteiger partial charge in [-0.25, -0.2) is 0 Å². The number of hydrogen-bond donors (Lipinski definition) is 0. The predicted octanol–water partition coefficient (Wildman–Crippen LogP) is 11.2. The van der Waals surface area contributed by atoms with Crippen LogP contribution >= 0.6 is 22.7 Å². The largest absolute Gasteiger partial charge is 0.135 e. The first-order valence-corrected chi connectivity index (χ1v) is 14.8. The molecule has 0 nitrogen and oxygen atoms in total. The average molecular weight is 521 g/mol. The highest BCUT2D eigenvalue weighted by molar-refractivity contribution is 7.26. The molecule has 1 aliphatic rings. The lowest BCUT2D eigenvalue weighted by atomic mass is 9.94. The van der Waals surface area contributed by atoms with Gasteiger partial charge in [0.2, 0.25) is 0 Å². The standard InChI is InChI=1S/C36H24S2/c1-3-19-33-29(13-1)31-17-7-15-27(35(31)37-33)25-11-5-9-23(21-25)24-10-6-12-26(22-24)28-16-8-18-32-30-14-2-4-20-34(30)38-36(28)32/h1,3-13,15-22H,2,14H2. The second-order valence-electron chi connectivity index (χ2n) is 10.0. The quantitative estimate of drug-likeness (QED) is 0.217. The first-order chi connectivity index (χ1) is 18.8. The third-order valence-corrected chi connectivity index (χ3v) is 10.2. The Bertz CT molecular complexity index is 2030. The lowest BCUT2D eigenvalue weighted by Crippen LogP contribution is -1.88. The highest BCUT2D eigenvalue weighted by atomic mass is 32.1. The van der Waals surface area contributed by atoms with Crippen molar-refractivity contribution in [1.29, 1.82) is 0 Å². The van der Waals surface area contributed by atoms with Crippen LogP contribution in [0.4, 0.5) is 0 Å². The van der Waals surface area contributed by atoms with Crippen molar-refractivity contribution in [2.45, 2.75) is 12.8 Å². The first kappa shape index (κ1) is 22.0. The smallest absolute Gasteiger partial charge is 0.0433 e. The molecule has 5 aromatic carbocycles. The summed E-state index contributed by atoms with van der Waals surface area (Å²) in [4.78, 5) is 1.43. The predicted molar refractivity (Wildman–Crippen MR) is 168 cm³/mol. The van der Waals surface area contributed by atoms with Gasteiger partial charge in [-0.3, -0.25) is 0 Å². The Labute approximate surface area is 230 Å². The lowest BCUT2D eigenvalue weighted by molar-refractivity contribution is 1.01.